The number of rotatable bonds is 4. The molecule has 0 spiro atoms. The number of hydrogen-bond acceptors (Lipinski definition) is 2. The van der Waals surface area contributed by atoms with Gasteiger partial charge >= 0.3 is 0 Å². The van der Waals surface area contributed by atoms with E-state index in [1.54, 1.807) is 7.11 Å². The van der Waals surface area contributed by atoms with Crippen molar-refractivity contribution in [3.8, 4) is 5.75 Å². The first-order valence-electron chi connectivity index (χ1n) is 6.09. The summed E-state index contributed by atoms with van der Waals surface area (Å²) < 4.78 is 6.67. The number of benzene rings is 1. The van der Waals surface area contributed by atoms with Crippen molar-refractivity contribution in [2.45, 2.75) is 26.3 Å². The summed E-state index contributed by atoms with van der Waals surface area (Å²) in [6.07, 6.45) is 1.31. The van der Waals surface area contributed by atoms with Gasteiger partial charge in [0.15, 0.2) is 0 Å². The molecule has 1 aromatic carbocycles. The predicted molar refractivity (Wildman–Crippen MR) is 74.5 cm³/mol. The average molecular weight is 298 g/mol. The molecule has 3 atom stereocenters. The van der Waals surface area contributed by atoms with Gasteiger partial charge in [0.2, 0.25) is 0 Å². The molecule has 0 heterocycles. The Morgan fingerprint density at radius 3 is 2.59 bits per heavy atom. The van der Waals surface area contributed by atoms with Crippen LogP contribution in [0.25, 0.3) is 0 Å². The number of methoxy groups -OCH3 is 1. The van der Waals surface area contributed by atoms with Crippen LogP contribution in [-0.4, -0.2) is 14.2 Å². The maximum absolute atomic E-state index is 5.52. The Bertz CT molecular complexity index is 419. The molecule has 1 saturated carbocycles. The summed E-state index contributed by atoms with van der Waals surface area (Å²) >= 11 is 3.61. The minimum Gasteiger partial charge on any atom is -0.496 e. The summed E-state index contributed by atoms with van der Waals surface area (Å²) in [6.45, 7) is 4.40. The van der Waals surface area contributed by atoms with Gasteiger partial charge in [0.05, 0.1) is 7.11 Å². The Morgan fingerprint density at radius 2 is 2.12 bits per heavy atom. The van der Waals surface area contributed by atoms with E-state index in [-0.39, 0.29) is 0 Å². The van der Waals surface area contributed by atoms with E-state index in [4.69, 9.17) is 4.74 Å². The van der Waals surface area contributed by atoms with Crippen molar-refractivity contribution in [1.82, 2.24) is 5.32 Å². The van der Waals surface area contributed by atoms with E-state index in [1.165, 1.54) is 17.5 Å². The fourth-order valence-corrected chi connectivity index (χ4v) is 2.87. The van der Waals surface area contributed by atoms with Gasteiger partial charge in [-0.15, -0.1) is 0 Å². The number of halogens is 1. The third-order valence-electron chi connectivity index (χ3n) is 3.76. The van der Waals surface area contributed by atoms with E-state index in [1.807, 2.05) is 7.05 Å². The molecule has 0 aromatic heterocycles. The van der Waals surface area contributed by atoms with Crippen LogP contribution in [0.4, 0.5) is 0 Å². The molecule has 0 aliphatic heterocycles. The van der Waals surface area contributed by atoms with Crippen LogP contribution in [0, 0.1) is 18.8 Å². The lowest BCUT2D eigenvalue weighted by Crippen LogP contribution is -2.20. The van der Waals surface area contributed by atoms with Gasteiger partial charge in [0.1, 0.15) is 5.75 Å². The topological polar surface area (TPSA) is 21.3 Å². The molecule has 2 rings (SSSR count). The molecule has 0 radical (unpaired) electrons. The highest BCUT2D eigenvalue weighted by molar-refractivity contribution is 9.10. The largest absolute Gasteiger partial charge is 0.496 e. The molecule has 0 amide bonds. The van der Waals surface area contributed by atoms with E-state index < -0.39 is 0 Å². The van der Waals surface area contributed by atoms with Crippen LogP contribution in [-0.2, 0) is 0 Å². The monoisotopic (exact) mass is 297 g/mol. The SMILES string of the molecule is CNC(c1cc(Br)c(C)cc1OC)C1CC1C. The molecule has 17 heavy (non-hydrogen) atoms. The molecule has 0 bridgehead atoms. The highest BCUT2D eigenvalue weighted by Crippen LogP contribution is 2.49. The Labute approximate surface area is 112 Å². The molecule has 3 heteroatoms. The molecule has 0 saturated heterocycles. The van der Waals surface area contributed by atoms with Crippen LogP contribution in [0.5, 0.6) is 5.75 Å². The van der Waals surface area contributed by atoms with Crippen LogP contribution < -0.4 is 10.1 Å². The summed E-state index contributed by atoms with van der Waals surface area (Å²) in [7, 11) is 3.78. The first-order valence-corrected chi connectivity index (χ1v) is 6.89. The van der Waals surface area contributed by atoms with Crippen molar-refractivity contribution in [1.29, 1.82) is 0 Å². The van der Waals surface area contributed by atoms with Crippen LogP contribution in [0.3, 0.4) is 0 Å². The third kappa shape index (κ3) is 2.50. The van der Waals surface area contributed by atoms with E-state index >= 15 is 0 Å². The lowest BCUT2D eigenvalue weighted by molar-refractivity contribution is 0.393. The summed E-state index contributed by atoms with van der Waals surface area (Å²) in [5.74, 6) is 2.55. The molecule has 94 valence electrons. The molecule has 2 nitrogen and oxygen atoms in total. The molecule has 1 fully saturated rings. The molecular formula is C14H20BrNO. The first kappa shape index (κ1) is 12.9. The lowest BCUT2D eigenvalue weighted by Gasteiger charge is -2.20. The maximum atomic E-state index is 5.52. The second-order valence-electron chi connectivity index (χ2n) is 4.99. The van der Waals surface area contributed by atoms with E-state index in [0.717, 1.165) is 22.1 Å². The minimum atomic E-state index is 0.400. The molecule has 3 unspecified atom stereocenters. The molecule has 1 N–H and O–H groups in total. The van der Waals surface area contributed by atoms with Gasteiger partial charge in [-0.25, -0.2) is 0 Å². The zero-order valence-electron chi connectivity index (χ0n) is 10.9. The van der Waals surface area contributed by atoms with Gasteiger partial charge in [-0.05, 0) is 49.9 Å². The standard InChI is InChI=1S/C14H20BrNO/c1-8-5-10(8)14(16-3)11-7-12(15)9(2)6-13(11)17-4/h6-8,10,14,16H,5H2,1-4H3. The Balaban J connectivity index is 2.38. The van der Waals surface area contributed by atoms with Crippen LogP contribution in [0.2, 0.25) is 0 Å². The number of ether oxygens (including phenoxy) is 1. The predicted octanol–water partition coefficient (Wildman–Crippen LogP) is 3.68. The second-order valence-corrected chi connectivity index (χ2v) is 5.84. The van der Waals surface area contributed by atoms with Gasteiger partial charge in [0.25, 0.3) is 0 Å². The van der Waals surface area contributed by atoms with Gasteiger partial charge in [-0.1, -0.05) is 22.9 Å². The molecular weight excluding hydrogens is 278 g/mol. The van der Waals surface area contributed by atoms with Crippen LogP contribution >= 0.6 is 15.9 Å². The van der Waals surface area contributed by atoms with Crippen molar-refractivity contribution >= 4 is 15.9 Å². The normalized spacial score (nSPS) is 24.5. The summed E-state index contributed by atoms with van der Waals surface area (Å²) in [5, 5.41) is 3.43. The zero-order chi connectivity index (χ0) is 12.6. The summed E-state index contributed by atoms with van der Waals surface area (Å²) in [5.41, 5.74) is 2.48. The van der Waals surface area contributed by atoms with Gasteiger partial charge < -0.3 is 10.1 Å². The maximum Gasteiger partial charge on any atom is 0.123 e. The lowest BCUT2D eigenvalue weighted by atomic mass is 9.99. The molecule has 1 aromatic rings. The van der Waals surface area contributed by atoms with Crippen molar-refractivity contribution in [2.75, 3.05) is 14.2 Å². The van der Waals surface area contributed by atoms with Crippen molar-refractivity contribution in [3.63, 3.8) is 0 Å². The molecule has 1 aliphatic carbocycles. The van der Waals surface area contributed by atoms with Crippen molar-refractivity contribution in [2.24, 2.45) is 11.8 Å². The Kier molecular flexibility index (Phi) is 3.79. The highest BCUT2D eigenvalue weighted by Gasteiger charge is 2.40. The summed E-state index contributed by atoms with van der Waals surface area (Å²) in [6, 6.07) is 4.70. The van der Waals surface area contributed by atoms with E-state index in [2.05, 4.69) is 47.2 Å². The Morgan fingerprint density at radius 1 is 1.47 bits per heavy atom. The smallest absolute Gasteiger partial charge is 0.123 e. The average Bonchev–Trinajstić information content (AvgIpc) is 3.01. The Hall–Kier alpha value is -0.540. The highest BCUT2D eigenvalue weighted by atomic mass is 79.9. The van der Waals surface area contributed by atoms with Gasteiger partial charge in [-0.2, -0.15) is 0 Å². The third-order valence-corrected chi connectivity index (χ3v) is 4.61. The van der Waals surface area contributed by atoms with Crippen LogP contribution in [0.15, 0.2) is 16.6 Å². The fraction of sp³-hybridized carbons (Fsp3) is 0.571. The number of aryl methyl sites for hydroxylation is 1. The second kappa shape index (κ2) is 4.99. The minimum absolute atomic E-state index is 0.400. The van der Waals surface area contributed by atoms with E-state index in [0.29, 0.717) is 6.04 Å². The fourth-order valence-electron chi connectivity index (χ4n) is 2.51. The molecule has 1 aliphatic rings. The number of hydrogen-bond donors (Lipinski definition) is 1. The van der Waals surface area contributed by atoms with Gasteiger partial charge in [-0.3, -0.25) is 0 Å². The van der Waals surface area contributed by atoms with Crippen molar-refractivity contribution < 1.29 is 4.74 Å². The van der Waals surface area contributed by atoms with E-state index in [9.17, 15) is 0 Å². The first-order chi connectivity index (χ1) is 8.08. The van der Waals surface area contributed by atoms with Gasteiger partial charge in [0, 0.05) is 16.1 Å². The zero-order valence-corrected chi connectivity index (χ0v) is 12.5. The number of nitrogens with one attached hydrogen (secondary N) is 1. The van der Waals surface area contributed by atoms with Crippen molar-refractivity contribution in [3.05, 3.63) is 27.7 Å². The quantitative estimate of drug-likeness (QED) is 0.915. The summed E-state index contributed by atoms with van der Waals surface area (Å²) in [4.78, 5) is 0. The van der Waals surface area contributed by atoms with Crippen LogP contribution in [0.1, 0.15) is 30.5 Å².